The smallest absolute Gasteiger partial charge is 0.345 e. The molecule has 1 aliphatic heterocycles. The van der Waals surface area contributed by atoms with Gasteiger partial charge in [0.2, 0.25) is 5.28 Å². The number of rotatable bonds is 8. The topological polar surface area (TPSA) is 217 Å². The van der Waals surface area contributed by atoms with Crippen molar-refractivity contribution in [2.75, 3.05) is 17.7 Å². The van der Waals surface area contributed by atoms with E-state index in [1.807, 2.05) is 0 Å². The minimum atomic E-state index is -5.21. The summed E-state index contributed by atoms with van der Waals surface area (Å²) >= 11 is 6.12. The quantitative estimate of drug-likeness (QED) is 0.181. The normalized spacial score (nSPS) is 30.7. The van der Waals surface area contributed by atoms with E-state index in [4.69, 9.17) is 16.3 Å². The molecule has 0 aromatic carbocycles. The van der Waals surface area contributed by atoms with E-state index < -0.39 is 59.3 Å². The molecule has 1 saturated heterocycles. The third-order valence-corrected chi connectivity index (χ3v) is 11.2. The lowest BCUT2D eigenvalue weighted by Gasteiger charge is -2.20. The van der Waals surface area contributed by atoms with Crippen LogP contribution in [0.1, 0.15) is 32.4 Å². The van der Waals surface area contributed by atoms with Crippen molar-refractivity contribution in [3.8, 4) is 0 Å². The van der Waals surface area contributed by atoms with Gasteiger partial charge in [0.25, 0.3) is 0 Å². The Balaban J connectivity index is 1.61. The SMILES string of the molecule is CC1CCCC1Nc1nc(Cl)nc2c1cnn2[C@@H]1O[C@H](CS(=O)(=O)C(CO)P(=O)(O)O)[C@@H](O)[C@H]1O. The second-order valence-corrected chi connectivity index (χ2v) is 13.6. The molecule has 6 N–H and O–H groups in total. The number of fused-ring (bicyclic) bond motifs is 1. The summed E-state index contributed by atoms with van der Waals surface area (Å²) in [4.78, 5) is 24.6. The minimum absolute atomic E-state index is 0.105. The van der Waals surface area contributed by atoms with E-state index in [9.17, 15) is 38.1 Å². The lowest BCUT2D eigenvalue weighted by molar-refractivity contribution is -0.0365. The lowest BCUT2D eigenvalue weighted by atomic mass is 10.1. The summed E-state index contributed by atoms with van der Waals surface area (Å²) in [5, 5.41) is 38.1. The van der Waals surface area contributed by atoms with Gasteiger partial charge in [-0.1, -0.05) is 13.3 Å². The monoisotopic (exact) mass is 555 g/mol. The molecule has 2 aromatic rings. The van der Waals surface area contributed by atoms with Gasteiger partial charge in [-0.15, -0.1) is 0 Å². The Bertz CT molecular complexity index is 1240. The molecule has 1 saturated carbocycles. The molecule has 196 valence electrons. The van der Waals surface area contributed by atoms with Gasteiger partial charge in [-0.25, -0.2) is 13.1 Å². The van der Waals surface area contributed by atoms with Crippen LogP contribution >= 0.6 is 19.2 Å². The Hall–Kier alpha value is -1.42. The van der Waals surface area contributed by atoms with Crippen molar-refractivity contribution in [3.63, 3.8) is 0 Å². The first-order valence-corrected chi connectivity index (χ1v) is 14.7. The van der Waals surface area contributed by atoms with Gasteiger partial charge >= 0.3 is 7.60 Å². The predicted molar refractivity (Wildman–Crippen MR) is 123 cm³/mol. The molecule has 2 aromatic heterocycles. The highest BCUT2D eigenvalue weighted by atomic mass is 35.5. The third-order valence-electron chi connectivity index (χ3n) is 6.53. The molecule has 1 aliphatic carbocycles. The van der Waals surface area contributed by atoms with E-state index in [-0.39, 0.29) is 17.0 Å². The summed E-state index contributed by atoms with van der Waals surface area (Å²) in [6.45, 7) is 0.802. The highest BCUT2D eigenvalue weighted by Gasteiger charge is 2.49. The van der Waals surface area contributed by atoms with Crippen molar-refractivity contribution >= 4 is 45.9 Å². The number of aliphatic hydroxyl groups is 3. The summed E-state index contributed by atoms with van der Waals surface area (Å²) in [6.07, 6.45) is -1.81. The maximum absolute atomic E-state index is 12.5. The lowest BCUT2D eigenvalue weighted by Crippen LogP contribution is -2.39. The Kier molecular flexibility index (Phi) is 7.46. The molecule has 14 nitrogen and oxygen atoms in total. The standard InChI is InChI=1S/C18H27ClN5O9PS/c1-8-3-2-4-10(8)21-15-9-5-20-24(16(9)23-18(19)22-15)17-14(27)13(26)11(33-17)7-35(31,32)12(6-25)34(28,29)30/h5,8,10-14,17,25-27H,2-4,6-7H2,1H3,(H,21,22,23)(H2,28,29,30)/t8?,10?,11-,12?,13-,14-,17-/m1/s1. The molecular formula is C18H27ClN5O9PS. The highest BCUT2D eigenvalue weighted by Crippen LogP contribution is 2.45. The first kappa shape index (κ1) is 26.6. The molecule has 7 atom stereocenters. The molecular weight excluding hydrogens is 529 g/mol. The average molecular weight is 556 g/mol. The summed E-state index contributed by atoms with van der Waals surface area (Å²) in [6, 6.07) is 0.172. The van der Waals surface area contributed by atoms with E-state index in [2.05, 4.69) is 27.3 Å². The molecule has 2 fully saturated rings. The number of ether oxygens (including phenoxy) is 1. The fourth-order valence-corrected chi connectivity index (χ4v) is 8.06. The van der Waals surface area contributed by atoms with E-state index in [0.29, 0.717) is 17.1 Å². The maximum Gasteiger partial charge on any atom is 0.345 e. The van der Waals surface area contributed by atoms with Crippen LogP contribution in [0.5, 0.6) is 0 Å². The number of nitrogens with one attached hydrogen (secondary N) is 1. The van der Waals surface area contributed by atoms with Crippen molar-refractivity contribution in [1.29, 1.82) is 0 Å². The molecule has 0 spiro atoms. The van der Waals surface area contributed by atoms with Crippen molar-refractivity contribution in [2.45, 2.75) is 61.8 Å². The van der Waals surface area contributed by atoms with Gasteiger partial charge < -0.3 is 35.2 Å². The van der Waals surface area contributed by atoms with Crippen molar-refractivity contribution in [2.24, 2.45) is 5.92 Å². The summed E-state index contributed by atoms with van der Waals surface area (Å²) in [5.74, 6) is -0.202. The van der Waals surface area contributed by atoms with Gasteiger partial charge in [0, 0.05) is 6.04 Å². The highest BCUT2D eigenvalue weighted by molar-refractivity contribution is 7.98. The van der Waals surface area contributed by atoms with Gasteiger partial charge in [-0.3, -0.25) is 4.57 Å². The number of sulfone groups is 1. The van der Waals surface area contributed by atoms with Gasteiger partial charge in [0.1, 0.15) is 24.1 Å². The van der Waals surface area contributed by atoms with Crippen LogP contribution in [0, 0.1) is 5.92 Å². The molecule has 17 heteroatoms. The number of hydrogen-bond donors (Lipinski definition) is 6. The van der Waals surface area contributed by atoms with E-state index in [0.717, 1.165) is 23.9 Å². The van der Waals surface area contributed by atoms with Crippen LogP contribution < -0.4 is 5.32 Å². The van der Waals surface area contributed by atoms with E-state index in [1.54, 1.807) is 0 Å². The van der Waals surface area contributed by atoms with Gasteiger partial charge in [-0.05, 0) is 30.4 Å². The number of aliphatic hydroxyl groups excluding tert-OH is 3. The fourth-order valence-electron chi connectivity index (χ4n) is 4.57. The zero-order chi connectivity index (χ0) is 25.7. The number of aromatic nitrogens is 4. The van der Waals surface area contributed by atoms with E-state index in [1.165, 1.54) is 6.20 Å². The predicted octanol–water partition coefficient (Wildman–Crippen LogP) is -0.390. The average Bonchev–Trinajstić information content (AvgIpc) is 3.41. The van der Waals surface area contributed by atoms with Crippen LogP contribution in [0.4, 0.5) is 5.82 Å². The van der Waals surface area contributed by atoms with Crippen LogP contribution in [-0.2, 0) is 19.1 Å². The molecule has 3 heterocycles. The molecule has 0 amide bonds. The first-order chi connectivity index (χ1) is 16.3. The van der Waals surface area contributed by atoms with Crippen LogP contribution in [0.15, 0.2) is 6.20 Å². The fraction of sp³-hybridized carbons (Fsp3) is 0.722. The molecule has 2 aliphatic rings. The minimum Gasteiger partial charge on any atom is -0.394 e. The summed E-state index contributed by atoms with van der Waals surface area (Å²) in [7, 11) is -9.84. The van der Waals surface area contributed by atoms with Crippen LogP contribution in [-0.4, -0.2) is 95.0 Å². The second kappa shape index (κ2) is 9.80. The Labute approximate surface area is 205 Å². The Morgan fingerprint density at radius 1 is 1.29 bits per heavy atom. The number of nitrogens with zero attached hydrogens (tertiary/aromatic N) is 4. The maximum atomic E-state index is 12.5. The van der Waals surface area contributed by atoms with Crippen LogP contribution in [0.3, 0.4) is 0 Å². The molecule has 4 rings (SSSR count). The molecule has 3 unspecified atom stereocenters. The van der Waals surface area contributed by atoms with Crippen molar-refractivity contribution in [1.82, 2.24) is 19.7 Å². The largest absolute Gasteiger partial charge is 0.394 e. The van der Waals surface area contributed by atoms with Gasteiger partial charge in [-0.2, -0.15) is 15.1 Å². The van der Waals surface area contributed by atoms with Crippen LogP contribution in [0.2, 0.25) is 5.28 Å². The Morgan fingerprint density at radius 2 is 2.00 bits per heavy atom. The second-order valence-electron chi connectivity index (χ2n) is 8.93. The molecule has 0 bridgehead atoms. The molecule has 0 radical (unpaired) electrons. The zero-order valence-electron chi connectivity index (χ0n) is 18.5. The van der Waals surface area contributed by atoms with Gasteiger partial charge in [0.15, 0.2) is 26.7 Å². The Morgan fingerprint density at radius 3 is 2.60 bits per heavy atom. The number of hydrogen-bond acceptors (Lipinski definition) is 11. The zero-order valence-corrected chi connectivity index (χ0v) is 21.0. The van der Waals surface area contributed by atoms with E-state index >= 15 is 0 Å². The molecule has 35 heavy (non-hydrogen) atoms. The van der Waals surface area contributed by atoms with Crippen LogP contribution in [0.25, 0.3) is 11.0 Å². The number of halogens is 1. The summed E-state index contributed by atoms with van der Waals surface area (Å²) < 4.78 is 43.2. The first-order valence-electron chi connectivity index (χ1n) is 10.9. The third kappa shape index (κ3) is 5.20. The number of anilines is 1. The van der Waals surface area contributed by atoms with Crippen molar-refractivity contribution < 1.29 is 42.8 Å². The van der Waals surface area contributed by atoms with Gasteiger partial charge in [0.05, 0.1) is 23.9 Å². The summed E-state index contributed by atoms with van der Waals surface area (Å²) in [5.41, 5.74) is 0.168. The van der Waals surface area contributed by atoms with Crippen molar-refractivity contribution in [3.05, 3.63) is 11.5 Å².